The van der Waals surface area contributed by atoms with Gasteiger partial charge in [0.25, 0.3) is 5.92 Å². The van der Waals surface area contributed by atoms with Crippen LogP contribution < -0.4 is 14.4 Å². The minimum atomic E-state index is -2.65. The van der Waals surface area contributed by atoms with Crippen LogP contribution in [0, 0.1) is 11.2 Å². The molecule has 5 atom stereocenters. The number of carbonyl (C=O) groups excluding carboxylic acids is 1. The van der Waals surface area contributed by atoms with Gasteiger partial charge in [0.2, 0.25) is 5.88 Å². The van der Waals surface area contributed by atoms with E-state index in [9.17, 15) is 13.6 Å². The summed E-state index contributed by atoms with van der Waals surface area (Å²) in [5, 5.41) is -0.0934. The zero-order valence-corrected chi connectivity index (χ0v) is 25.1. The number of amides is 1. The smallest absolute Gasteiger partial charge is 0.410 e. The second-order valence-electron chi connectivity index (χ2n) is 14.2. The molecule has 8 rings (SSSR count). The van der Waals surface area contributed by atoms with Crippen LogP contribution in [0.2, 0.25) is 5.15 Å². The Morgan fingerprint density at radius 3 is 2.70 bits per heavy atom. The van der Waals surface area contributed by atoms with Gasteiger partial charge in [-0.1, -0.05) is 11.6 Å². The molecule has 5 fully saturated rings. The minimum Gasteiger partial charge on any atom is -0.475 e. The summed E-state index contributed by atoms with van der Waals surface area (Å²) in [6.45, 7) is 7.33. The molecule has 10 nitrogen and oxygen atoms in total. The first-order chi connectivity index (χ1) is 20.3. The summed E-state index contributed by atoms with van der Waals surface area (Å²) in [5.74, 6) is -2.94. The average molecular weight is 623 g/mol. The molecule has 2 aromatic rings. The molecule has 1 unspecified atom stereocenters. The first kappa shape index (κ1) is 27.7. The summed E-state index contributed by atoms with van der Waals surface area (Å²) in [6, 6.07) is -0.734. The maximum atomic E-state index is 15.5. The van der Waals surface area contributed by atoms with E-state index in [0.717, 1.165) is 32.2 Å². The Bertz CT molecular complexity index is 1540. The topological polar surface area (TPSA) is 93.1 Å². The van der Waals surface area contributed by atoms with Gasteiger partial charge in [0.1, 0.15) is 35.5 Å². The summed E-state index contributed by atoms with van der Waals surface area (Å²) in [4.78, 5) is 32.6. The van der Waals surface area contributed by atoms with E-state index in [4.69, 9.17) is 30.8 Å². The molecule has 7 heterocycles. The molecule has 5 aliphatic heterocycles. The van der Waals surface area contributed by atoms with Gasteiger partial charge >= 0.3 is 12.1 Å². The van der Waals surface area contributed by atoms with Crippen LogP contribution in [0.3, 0.4) is 0 Å². The number of alkyl halides is 2. The van der Waals surface area contributed by atoms with E-state index < -0.39 is 28.3 Å². The predicted molar refractivity (Wildman–Crippen MR) is 149 cm³/mol. The number of anilines is 1. The van der Waals surface area contributed by atoms with Gasteiger partial charge in [-0.15, -0.1) is 0 Å². The van der Waals surface area contributed by atoms with Crippen molar-refractivity contribution in [1.82, 2.24) is 24.8 Å². The molecule has 2 bridgehead atoms. The summed E-state index contributed by atoms with van der Waals surface area (Å²) in [6.07, 6.45) is 3.06. The van der Waals surface area contributed by atoms with Crippen molar-refractivity contribution in [2.75, 3.05) is 37.7 Å². The molecule has 0 radical (unpaired) electrons. The number of nitrogens with zero attached hydrogens (tertiary/aromatic N) is 6. The van der Waals surface area contributed by atoms with Crippen molar-refractivity contribution < 1.29 is 32.2 Å². The minimum absolute atomic E-state index is 0.0538. The highest BCUT2D eigenvalue weighted by Crippen LogP contribution is 2.69. The monoisotopic (exact) mass is 622 g/mol. The lowest BCUT2D eigenvalue weighted by Gasteiger charge is -2.46. The van der Waals surface area contributed by atoms with Crippen molar-refractivity contribution >= 4 is 34.4 Å². The standard InChI is InChI=1S/C29H34ClF3N6O4/c1-26(2,3)43-25(40)39-15-5-6-16(39)17-10-41-23-18-20(19(31)21(30)35-23)34-24(36-22(18)38(17)9-15)42-14-28-7-4-8-37(28)13-27(11-28)12-29(27,32)33/h15-17H,4-14H2,1-3H3/t15-,16+,17-,27?,28+/m1/s1. The number of piperazine rings is 1. The van der Waals surface area contributed by atoms with E-state index in [2.05, 4.69) is 14.9 Å². The number of halogens is 4. The Kier molecular flexibility index (Phi) is 5.73. The van der Waals surface area contributed by atoms with Crippen LogP contribution >= 0.6 is 11.6 Å². The lowest BCUT2D eigenvalue weighted by Crippen LogP contribution is -2.63. The predicted octanol–water partition coefficient (Wildman–Crippen LogP) is 4.81. The van der Waals surface area contributed by atoms with Crippen molar-refractivity contribution in [2.24, 2.45) is 5.41 Å². The number of pyridine rings is 1. The van der Waals surface area contributed by atoms with Crippen LogP contribution in [-0.2, 0) is 4.74 Å². The molecule has 43 heavy (non-hydrogen) atoms. The Balaban J connectivity index is 1.14. The molecule has 2 aromatic heterocycles. The van der Waals surface area contributed by atoms with Crippen LogP contribution in [-0.4, -0.2) is 98.9 Å². The van der Waals surface area contributed by atoms with Crippen molar-refractivity contribution in [3.8, 4) is 11.9 Å². The van der Waals surface area contributed by atoms with E-state index >= 15 is 4.39 Å². The fraction of sp³-hybridized carbons (Fsp3) is 0.724. The first-order valence-corrected chi connectivity index (χ1v) is 15.4. The zero-order valence-electron chi connectivity index (χ0n) is 24.3. The Morgan fingerprint density at radius 2 is 1.95 bits per heavy atom. The zero-order chi connectivity index (χ0) is 30.1. The van der Waals surface area contributed by atoms with E-state index in [1.165, 1.54) is 0 Å². The van der Waals surface area contributed by atoms with E-state index in [-0.39, 0.29) is 66.4 Å². The van der Waals surface area contributed by atoms with Crippen molar-refractivity contribution in [1.29, 1.82) is 0 Å². The molecule has 1 saturated carbocycles. The largest absolute Gasteiger partial charge is 0.475 e. The van der Waals surface area contributed by atoms with Crippen LogP contribution in [0.1, 0.15) is 59.3 Å². The van der Waals surface area contributed by atoms with Crippen LogP contribution in [0.25, 0.3) is 10.9 Å². The molecule has 0 N–H and O–H groups in total. The molecule has 4 saturated heterocycles. The Morgan fingerprint density at radius 1 is 1.16 bits per heavy atom. The van der Waals surface area contributed by atoms with Gasteiger partial charge in [0.15, 0.2) is 11.0 Å². The van der Waals surface area contributed by atoms with Crippen LogP contribution in [0.15, 0.2) is 0 Å². The van der Waals surface area contributed by atoms with Gasteiger partial charge in [-0.05, 0) is 59.4 Å². The third-order valence-electron chi connectivity index (χ3n) is 10.3. The Labute approximate surface area is 251 Å². The summed E-state index contributed by atoms with van der Waals surface area (Å²) in [5.41, 5.74) is -2.23. The quantitative estimate of drug-likeness (QED) is 0.447. The van der Waals surface area contributed by atoms with Gasteiger partial charge in [-0.2, -0.15) is 15.0 Å². The van der Waals surface area contributed by atoms with Gasteiger partial charge < -0.3 is 19.1 Å². The number of hydrogen-bond acceptors (Lipinski definition) is 9. The van der Waals surface area contributed by atoms with Crippen LogP contribution in [0.4, 0.5) is 23.8 Å². The molecule has 1 aliphatic carbocycles. The fourth-order valence-corrected chi connectivity index (χ4v) is 8.52. The highest BCUT2D eigenvalue weighted by Gasteiger charge is 2.77. The fourth-order valence-electron chi connectivity index (χ4n) is 8.35. The lowest BCUT2D eigenvalue weighted by molar-refractivity contribution is 0.00537. The van der Waals surface area contributed by atoms with E-state index in [0.29, 0.717) is 30.7 Å². The van der Waals surface area contributed by atoms with Gasteiger partial charge in [0, 0.05) is 19.5 Å². The van der Waals surface area contributed by atoms with Gasteiger partial charge in [-0.3, -0.25) is 9.80 Å². The highest BCUT2D eigenvalue weighted by molar-refractivity contribution is 6.30. The number of fused-ring (bicyclic) bond motifs is 6. The van der Waals surface area contributed by atoms with Gasteiger partial charge in [-0.25, -0.2) is 18.0 Å². The third kappa shape index (κ3) is 4.09. The molecule has 14 heteroatoms. The molecular weight excluding hydrogens is 589 g/mol. The molecular formula is C29H34ClF3N6O4. The molecule has 1 spiro atoms. The maximum absolute atomic E-state index is 15.5. The number of rotatable bonds is 3. The van der Waals surface area contributed by atoms with Crippen molar-refractivity contribution in [3.05, 3.63) is 11.0 Å². The Hall–Kier alpha value is -2.80. The average Bonchev–Trinajstić information content (AvgIpc) is 3.19. The molecule has 6 aliphatic rings. The van der Waals surface area contributed by atoms with Gasteiger partial charge in [0.05, 0.1) is 29.1 Å². The van der Waals surface area contributed by atoms with Crippen molar-refractivity contribution in [3.63, 3.8) is 0 Å². The number of hydrogen-bond donors (Lipinski definition) is 0. The second-order valence-corrected chi connectivity index (χ2v) is 14.5. The first-order valence-electron chi connectivity index (χ1n) is 15.0. The summed E-state index contributed by atoms with van der Waals surface area (Å²) in [7, 11) is 0. The van der Waals surface area contributed by atoms with E-state index in [1.54, 1.807) is 4.90 Å². The number of carbonyl (C=O) groups is 1. The molecule has 0 aromatic carbocycles. The normalized spacial score (nSPS) is 33.8. The lowest BCUT2D eigenvalue weighted by atomic mass is 9.89. The summed E-state index contributed by atoms with van der Waals surface area (Å²) < 4.78 is 62.3. The number of ether oxygens (including phenoxy) is 3. The number of aromatic nitrogens is 3. The maximum Gasteiger partial charge on any atom is 0.410 e. The third-order valence-corrected chi connectivity index (χ3v) is 10.6. The summed E-state index contributed by atoms with van der Waals surface area (Å²) >= 11 is 6.19. The SMILES string of the molecule is CC(C)(C)OC(=O)N1[C@@H]2CC[C@H]1[C@H]1COc3nc(Cl)c(F)c4nc(OC[C@@]56CCCN5CC5(CC5(F)F)C6)nc(c34)N1C2. The highest BCUT2D eigenvalue weighted by atomic mass is 35.5. The molecule has 1 amide bonds. The van der Waals surface area contributed by atoms with Crippen molar-refractivity contribution in [2.45, 2.75) is 94.5 Å². The van der Waals surface area contributed by atoms with E-state index in [1.807, 2.05) is 25.7 Å². The van der Waals surface area contributed by atoms with Crippen LogP contribution in [0.5, 0.6) is 11.9 Å². The second kappa shape index (κ2) is 8.89. The molecule has 232 valence electrons.